The van der Waals surface area contributed by atoms with Crippen LogP contribution in [0, 0.1) is 0 Å². The van der Waals surface area contributed by atoms with Crippen molar-refractivity contribution in [3.8, 4) is 11.5 Å². The first-order valence-electron chi connectivity index (χ1n) is 6.33. The molecule has 2 heterocycles. The molecule has 22 heavy (non-hydrogen) atoms. The highest BCUT2D eigenvalue weighted by Gasteiger charge is 2.27. The molecule has 0 saturated carbocycles. The van der Waals surface area contributed by atoms with Crippen LogP contribution in [-0.4, -0.2) is 34.0 Å². The number of aromatic nitrogens is 1. The maximum Gasteiger partial charge on any atom is 0.287 e. The van der Waals surface area contributed by atoms with Crippen molar-refractivity contribution in [3.05, 3.63) is 36.5 Å². The van der Waals surface area contributed by atoms with Gasteiger partial charge >= 0.3 is 0 Å². The van der Waals surface area contributed by atoms with Crippen molar-refractivity contribution in [2.75, 3.05) is 19.1 Å². The lowest BCUT2D eigenvalue weighted by atomic mass is 10.2. The second-order valence-corrected chi connectivity index (χ2v) is 6.06. The molecule has 2 aromatic rings. The number of methoxy groups -OCH3 is 2. The van der Waals surface area contributed by atoms with Crippen molar-refractivity contribution in [2.45, 2.75) is 4.90 Å². The number of fused-ring (bicyclic) bond motifs is 1. The fourth-order valence-electron chi connectivity index (χ4n) is 2.11. The Morgan fingerprint density at radius 3 is 2.41 bits per heavy atom. The van der Waals surface area contributed by atoms with Crippen molar-refractivity contribution in [1.82, 2.24) is 4.98 Å². The van der Waals surface area contributed by atoms with Gasteiger partial charge in [0, 0.05) is 24.4 Å². The second kappa shape index (κ2) is 5.30. The van der Waals surface area contributed by atoms with Gasteiger partial charge in [-0.25, -0.2) is 4.98 Å². The zero-order valence-corrected chi connectivity index (χ0v) is 12.7. The third-order valence-electron chi connectivity index (χ3n) is 3.17. The Kier molecular flexibility index (Phi) is 3.45. The van der Waals surface area contributed by atoms with E-state index in [2.05, 4.69) is 9.38 Å². The number of ether oxygens (including phenoxy) is 2. The number of anilines is 2. The molecule has 0 N–H and O–H groups in total. The van der Waals surface area contributed by atoms with Gasteiger partial charge in [-0.05, 0) is 12.1 Å². The summed E-state index contributed by atoms with van der Waals surface area (Å²) in [4.78, 5) is 5.78. The Labute approximate surface area is 127 Å². The Morgan fingerprint density at radius 2 is 1.77 bits per heavy atom. The monoisotopic (exact) mass is 319 g/mol. The van der Waals surface area contributed by atoms with Crippen LogP contribution >= 0.6 is 0 Å². The highest BCUT2D eigenvalue weighted by molar-refractivity contribution is 7.90. The summed E-state index contributed by atoms with van der Waals surface area (Å²) in [6.45, 7) is 0. The number of hydrogen-bond acceptors (Lipinski definition) is 6. The minimum atomic E-state index is -3.71. The topological polar surface area (TPSA) is 81.1 Å². The van der Waals surface area contributed by atoms with Crippen LogP contribution in [0.5, 0.6) is 11.5 Å². The van der Waals surface area contributed by atoms with Gasteiger partial charge < -0.3 is 9.47 Å². The Hall–Kier alpha value is -2.61. The summed E-state index contributed by atoms with van der Waals surface area (Å²) in [5, 5.41) is 0. The van der Waals surface area contributed by atoms with Crippen molar-refractivity contribution < 1.29 is 17.9 Å². The molecule has 114 valence electrons. The van der Waals surface area contributed by atoms with Gasteiger partial charge in [-0.3, -0.25) is 4.90 Å². The minimum absolute atomic E-state index is 0.0549. The van der Waals surface area contributed by atoms with Crippen LogP contribution in [0.15, 0.2) is 45.8 Å². The van der Waals surface area contributed by atoms with Gasteiger partial charge in [0.1, 0.15) is 22.7 Å². The summed E-state index contributed by atoms with van der Waals surface area (Å²) in [7, 11) is -0.629. The van der Waals surface area contributed by atoms with Crippen LogP contribution in [0.2, 0.25) is 0 Å². The minimum Gasteiger partial charge on any atom is -0.497 e. The maximum atomic E-state index is 12.0. The van der Waals surface area contributed by atoms with Crippen LogP contribution < -0.4 is 14.4 Å². The SMILES string of the molecule is COc1cc(OC)cc(N2C=NS(=O)(=O)c3cccnc32)c1. The van der Waals surface area contributed by atoms with Gasteiger partial charge in [0.05, 0.1) is 19.9 Å². The summed E-state index contributed by atoms with van der Waals surface area (Å²) >= 11 is 0. The van der Waals surface area contributed by atoms with Crippen LogP contribution in [0.25, 0.3) is 0 Å². The Bertz CT molecular complexity index is 827. The third-order valence-corrected chi connectivity index (χ3v) is 4.42. The smallest absolute Gasteiger partial charge is 0.287 e. The van der Waals surface area contributed by atoms with Gasteiger partial charge in [-0.2, -0.15) is 8.42 Å². The first kappa shape index (κ1) is 14.3. The predicted molar refractivity (Wildman–Crippen MR) is 81.6 cm³/mol. The van der Waals surface area contributed by atoms with Crippen molar-refractivity contribution in [2.24, 2.45) is 4.40 Å². The number of sulfonamides is 1. The molecule has 1 aromatic carbocycles. The quantitative estimate of drug-likeness (QED) is 0.860. The fourth-order valence-corrected chi connectivity index (χ4v) is 3.07. The number of rotatable bonds is 3. The molecule has 0 aliphatic carbocycles. The standard InChI is InChI=1S/C14H13N3O4S/c1-20-11-6-10(7-12(8-11)21-2)17-9-16-22(18,19)13-4-3-5-15-14(13)17/h3-9H,1-2H3. The lowest BCUT2D eigenvalue weighted by Crippen LogP contribution is -2.23. The van der Waals surface area contributed by atoms with Crippen LogP contribution in [-0.2, 0) is 10.0 Å². The average molecular weight is 319 g/mol. The molecule has 7 nitrogen and oxygen atoms in total. The molecule has 1 aromatic heterocycles. The first-order chi connectivity index (χ1) is 10.5. The molecule has 0 amide bonds. The Balaban J connectivity index is 2.18. The van der Waals surface area contributed by atoms with Gasteiger partial charge in [0.25, 0.3) is 10.0 Å². The van der Waals surface area contributed by atoms with Gasteiger partial charge in [0.2, 0.25) is 0 Å². The molecule has 1 aliphatic rings. The van der Waals surface area contributed by atoms with E-state index in [1.54, 1.807) is 43.4 Å². The molecule has 0 bridgehead atoms. The average Bonchev–Trinajstić information content (AvgIpc) is 2.54. The molecule has 1 aliphatic heterocycles. The number of benzene rings is 1. The fraction of sp³-hybridized carbons (Fsp3) is 0.143. The molecule has 0 unspecified atom stereocenters. The zero-order valence-electron chi connectivity index (χ0n) is 11.9. The van der Waals surface area contributed by atoms with Crippen molar-refractivity contribution in [3.63, 3.8) is 0 Å². The Morgan fingerprint density at radius 1 is 1.09 bits per heavy atom. The molecule has 0 spiro atoms. The van der Waals surface area contributed by atoms with Crippen LogP contribution in [0.4, 0.5) is 11.5 Å². The molecular formula is C14H13N3O4S. The lowest BCUT2D eigenvalue weighted by Gasteiger charge is -2.24. The zero-order chi connectivity index (χ0) is 15.7. The van der Waals surface area contributed by atoms with E-state index in [1.165, 1.54) is 18.6 Å². The van der Waals surface area contributed by atoms with Crippen LogP contribution in [0.3, 0.4) is 0 Å². The normalized spacial score (nSPS) is 15.3. The number of nitrogens with zero attached hydrogens (tertiary/aromatic N) is 3. The lowest BCUT2D eigenvalue weighted by molar-refractivity contribution is 0.394. The first-order valence-corrected chi connectivity index (χ1v) is 7.77. The molecule has 0 atom stereocenters. The summed E-state index contributed by atoms with van der Waals surface area (Å²) in [5.74, 6) is 1.44. The van der Waals surface area contributed by atoms with Gasteiger partial charge in [-0.15, -0.1) is 4.40 Å². The molecule has 0 fully saturated rings. The number of hydrogen-bond donors (Lipinski definition) is 0. The van der Waals surface area contributed by atoms with E-state index < -0.39 is 10.0 Å². The molecular weight excluding hydrogens is 306 g/mol. The van der Waals surface area contributed by atoms with Gasteiger partial charge in [-0.1, -0.05) is 0 Å². The van der Waals surface area contributed by atoms with Crippen LogP contribution in [0.1, 0.15) is 0 Å². The predicted octanol–water partition coefficient (Wildman–Crippen LogP) is 1.97. The van der Waals surface area contributed by atoms with Crippen molar-refractivity contribution >= 4 is 27.9 Å². The molecule has 0 saturated heterocycles. The van der Waals surface area contributed by atoms with Gasteiger partial charge in [0.15, 0.2) is 5.82 Å². The summed E-state index contributed by atoms with van der Waals surface area (Å²) < 4.78 is 38.0. The van der Waals surface area contributed by atoms with E-state index in [9.17, 15) is 8.42 Å². The second-order valence-electron chi connectivity index (χ2n) is 4.46. The third kappa shape index (κ3) is 2.37. The van der Waals surface area contributed by atoms with E-state index in [4.69, 9.17) is 9.47 Å². The summed E-state index contributed by atoms with van der Waals surface area (Å²) in [6, 6.07) is 8.23. The van der Waals surface area contributed by atoms with Crippen molar-refractivity contribution in [1.29, 1.82) is 0 Å². The summed E-state index contributed by atoms with van der Waals surface area (Å²) in [6.07, 6.45) is 2.75. The highest BCUT2D eigenvalue weighted by atomic mass is 32.2. The van der Waals surface area contributed by atoms with E-state index in [0.29, 0.717) is 17.2 Å². The summed E-state index contributed by atoms with van der Waals surface area (Å²) in [5.41, 5.74) is 0.634. The van der Waals surface area contributed by atoms with E-state index in [-0.39, 0.29) is 10.7 Å². The molecule has 8 heteroatoms. The van der Waals surface area contributed by atoms with E-state index in [1.807, 2.05) is 0 Å². The largest absolute Gasteiger partial charge is 0.497 e. The number of pyridine rings is 1. The highest BCUT2D eigenvalue weighted by Crippen LogP contribution is 2.36. The van der Waals surface area contributed by atoms with E-state index in [0.717, 1.165) is 0 Å². The molecule has 0 radical (unpaired) electrons. The molecule has 3 rings (SSSR count). The maximum absolute atomic E-state index is 12.0. The van der Waals surface area contributed by atoms with E-state index >= 15 is 0 Å².